The number of hydrogen-bond acceptors (Lipinski definition) is 11. The van der Waals surface area contributed by atoms with E-state index >= 15 is 0 Å². The van der Waals surface area contributed by atoms with E-state index in [4.69, 9.17) is 32.7 Å². The first kappa shape index (κ1) is 45.8. The third kappa shape index (κ3) is 13.3. The number of nitrogens with one attached hydrogen (secondary N) is 5. The van der Waals surface area contributed by atoms with Crippen LogP contribution in [0.15, 0.2) is 90.3 Å². The number of carboxylic acids is 1. The summed E-state index contributed by atoms with van der Waals surface area (Å²) in [5, 5.41) is 25.2. The lowest BCUT2D eigenvalue weighted by molar-refractivity contribution is -0.173. The fraction of sp³-hybridized carbons (Fsp3) is 0.286. The van der Waals surface area contributed by atoms with Gasteiger partial charge < -0.3 is 41.2 Å². The SMILES string of the molecule is CC(=O)O[C@H]1C(=O)Nc2ccc(cc2)C[C@H](C(=O)O)NC(=O)[C@@H](Cc2ccccc2)NC(=O)[C@H](Cc2ccc(Cl)cc2Cl)NC(=O)[C@@H](Cc2cccs2)NC(=O)[C@@H]1OC(C)=O. The van der Waals surface area contributed by atoms with Gasteiger partial charge in [-0.25, -0.2) is 4.79 Å². The largest absolute Gasteiger partial charge is 0.480 e. The summed E-state index contributed by atoms with van der Waals surface area (Å²) in [6.45, 7) is 1.93. The maximum Gasteiger partial charge on any atom is 0.326 e. The first-order valence-electron chi connectivity index (χ1n) is 18.7. The van der Waals surface area contributed by atoms with Gasteiger partial charge in [-0.2, -0.15) is 0 Å². The average Bonchev–Trinajstić information content (AvgIpc) is 3.72. The van der Waals surface area contributed by atoms with Crippen LogP contribution in [-0.4, -0.2) is 88.9 Å². The molecule has 6 atom stereocenters. The molecule has 0 unspecified atom stereocenters. The third-order valence-electron chi connectivity index (χ3n) is 9.26. The Labute approximate surface area is 363 Å². The second-order valence-corrected chi connectivity index (χ2v) is 15.8. The predicted octanol–water partition coefficient (Wildman–Crippen LogP) is 3.16. The van der Waals surface area contributed by atoms with Gasteiger partial charge in [-0.1, -0.05) is 77.8 Å². The molecule has 3 aromatic carbocycles. The van der Waals surface area contributed by atoms with Crippen molar-refractivity contribution in [2.75, 3.05) is 5.32 Å². The van der Waals surface area contributed by atoms with Gasteiger partial charge in [0.25, 0.3) is 11.8 Å². The summed E-state index contributed by atoms with van der Waals surface area (Å²) in [6.07, 6.45) is -4.92. The second-order valence-electron chi connectivity index (χ2n) is 13.9. The molecule has 19 heteroatoms. The van der Waals surface area contributed by atoms with Gasteiger partial charge in [0.05, 0.1) is 0 Å². The van der Waals surface area contributed by atoms with Crippen molar-refractivity contribution in [2.45, 2.75) is 75.9 Å². The van der Waals surface area contributed by atoms with Crippen molar-refractivity contribution < 1.29 is 52.9 Å². The first-order chi connectivity index (χ1) is 29.1. The molecule has 320 valence electrons. The van der Waals surface area contributed by atoms with Gasteiger partial charge in [0.2, 0.25) is 29.9 Å². The molecule has 6 N–H and O–H groups in total. The maximum atomic E-state index is 14.4. The summed E-state index contributed by atoms with van der Waals surface area (Å²) < 4.78 is 10.5. The number of esters is 2. The molecule has 16 nitrogen and oxygen atoms in total. The van der Waals surface area contributed by atoms with E-state index in [-0.39, 0.29) is 36.4 Å². The Hall–Kier alpha value is -6.30. The lowest BCUT2D eigenvalue weighted by atomic mass is 10.0. The van der Waals surface area contributed by atoms with Gasteiger partial charge in [0, 0.05) is 60.1 Å². The highest BCUT2D eigenvalue weighted by Crippen LogP contribution is 2.23. The van der Waals surface area contributed by atoms with E-state index in [1.807, 2.05) is 0 Å². The Balaban J connectivity index is 1.62. The highest BCUT2D eigenvalue weighted by molar-refractivity contribution is 7.09. The summed E-state index contributed by atoms with van der Waals surface area (Å²) in [4.78, 5) is 108. The van der Waals surface area contributed by atoms with E-state index in [0.717, 1.165) is 13.8 Å². The number of carbonyl (C=O) groups excluding carboxylic acids is 7. The van der Waals surface area contributed by atoms with Crippen molar-refractivity contribution in [3.63, 3.8) is 0 Å². The average molecular weight is 895 g/mol. The fourth-order valence-electron chi connectivity index (χ4n) is 6.32. The standard InChI is InChI=1S/C42H41Cl2N5O11S/c1-22(50)59-35-36(60-23(2)51)41(56)48-33(21-29-9-6-16-61-29)39(54)47-32(19-26-12-13-27(43)20-30(26)44)38(53)46-31(17-24-7-4-3-5-8-24)37(52)49-34(42(57)58)18-25-10-14-28(15-11-25)45-40(35)55/h3-16,20,31-36H,17-19,21H2,1-2H3,(H,45,55)(H,46,53)(H,47,54)(H,48,56)(H,49,52)(H,57,58)/t31-,32+,33-,34-,35-,36-/m1/s1. The number of amides is 5. The monoisotopic (exact) mass is 893 g/mol. The van der Waals surface area contributed by atoms with Gasteiger partial charge in [-0.3, -0.25) is 33.6 Å². The highest BCUT2D eigenvalue weighted by Gasteiger charge is 2.41. The van der Waals surface area contributed by atoms with Crippen LogP contribution in [0.25, 0.3) is 0 Å². The zero-order valence-corrected chi connectivity index (χ0v) is 35.0. The molecule has 1 aromatic heterocycles. The van der Waals surface area contributed by atoms with Gasteiger partial charge in [-0.15, -0.1) is 11.3 Å². The summed E-state index contributed by atoms with van der Waals surface area (Å²) in [6, 6.07) is 16.4. The van der Waals surface area contributed by atoms with Gasteiger partial charge >= 0.3 is 17.9 Å². The Morgan fingerprint density at radius 2 is 1.25 bits per heavy atom. The number of benzene rings is 3. The molecule has 4 aromatic rings. The number of hydrogen-bond donors (Lipinski definition) is 6. The molecule has 5 amide bonds. The number of anilines is 1. The third-order valence-corrected chi connectivity index (χ3v) is 10.7. The molecular weight excluding hydrogens is 853 g/mol. The van der Waals surface area contributed by atoms with E-state index in [0.29, 0.717) is 26.6 Å². The molecule has 0 saturated carbocycles. The van der Waals surface area contributed by atoms with Crippen molar-refractivity contribution in [1.29, 1.82) is 0 Å². The van der Waals surface area contributed by atoms with Crippen LogP contribution in [0.4, 0.5) is 5.69 Å². The van der Waals surface area contributed by atoms with Crippen molar-refractivity contribution in [3.8, 4) is 0 Å². The Bertz CT molecular complexity index is 2260. The molecule has 0 fully saturated rings. The summed E-state index contributed by atoms with van der Waals surface area (Å²) >= 11 is 13.9. The Kier molecular flexibility index (Phi) is 16.0. The van der Waals surface area contributed by atoms with Crippen LogP contribution in [0.3, 0.4) is 0 Å². The zero-order chi connectivity index (χ0) is 44.2. The van der Waals surface area contributed by atoms with Crippen molar-refractivity contribution in [2.24, 2.45) is 0 Å². The van der Waals surface area contributed by atoms with E-state index in [9.17, 15) is 43.5 Å². The van der Waals surface area contributed by atoms with Crippen LogP contribution < -0.4 is 26.6 Å². The molecule has 2 aliphatic heterocycles. The van der Waals surface area contributed by atoms with Crippen LogP contribution in [-0.2, 0) is 73.5 Å². The number of fused-ring (bicyclic) bond motifs is 18. The number of carboxylic acid groups (broad SMARTS) is 1. The minimum atomic E-state index is -2.12. The molecule has 0 aliphatic carbocycles. The molecule has 3 heterocycles. The molecule has 0 saturated heterocycles. The van der Waals surface area contributed by atoms with E-state index in [2.05, 4.69) is 26.6 Å². The van der Waals surface area contributed by atoms with Crippen molar-refractivity contribution >= 4 is 87.7 Å². The maximum absolute atomic E-state index is 14.4. The summed E-state index contributed by atoms with van der Waals surface area (Å²) in [5.41, 5.74) is 1.50. The molecule has 6 rings (SSSR count). The number of aliphatic carboxylic acids is 1. The van der Waals surface area contributed by atoms with Gasteiger partial charge in [0.15, 0.2) is 0 Å². The zero-order valence-electron chi connectivity index (χ0n) is 32.6. The van der Waals surface area contributed by atoms with Crippen LogP contribution >= 0.6 is 34.5 Å². The van der Waals surface area contributed by atoms with Crippen LogP contribution in [0, 0.1) is 0 Å². The smallest absolute Gasteiger partial charge is 0.326 e. The van der Waals surface area contributed by atoms with Crippen LogP contribution in [0.5, 0.6) is 0 Å². The van der Waals surface area contributed by atoms with Crippen molar-refractivity contribution in [1.82, 2.24) is 21.3 Å². The Morgan fingerprint density at radius 3 is 1.82 bits per heavy atom. The molecule has 2 bridgehead atoms. The molecule has 2 aliphatic rings. The lowest BCUT2D eigenvalue weighted by Gasteiger charge is -2.28. The normalized spacial score (nSPS) is 21.7. The molecule has 0 radical (unpaired) electrons. The fourth-order valence-corrected chi connectivity index (χ4v) is 7.56. The molecular formula is C42H41Cl2N5O11S. The number of thiophene rings is 1. The van der Waals surface area contributed by atoms with Crippen molar-refractivity contribution in [3.05, 3.63) is 122 Å². The molecule has 0 spiro atoms. The van der Waals surface area contributed by atoms with E-state index in [1.165, 1.54) is 53.8 Å². The van der Waals surface area contributed by atoms with Crippen LogP contribution in [0.2, 0.25) is 10.0 Å². The molecule has 61 heavy (non-hydrogen) atoms. The Morgan fingerprint density at radius 1 is 0.672 bits per heavy atom. The summed E-state index contributed by atoms with van der Waals surface area (Å²) in [5.74, 6) is -8.37. The van der Waals surface area contributed by atoms with Gasteiger partial charge in [-0.05, 0) is 52.4 Å². The number of carbonyl (C=O) groups is 8. The van der Waals surface area contributed by atoms with Crippen LogP contribution in [0.1, 0.15) is 35.4 Å². The van der Waals surface area contributed by atoms with E-state index < -0.39 is 83.8 Å². The highest BCUT2D eigenvalue weighted by atomic mass is 35.5. The quantitative estimate of drug-likeness (QED) is 0.106. The number of halogens is 2. The first-order valence-corrected chi connectivity index (χ1v) is 20.4. The minimum Gasteiger partial charge on any atom is -0.480 e. The summed E-state index contributed by atoms with van der Waals surface area (Å²) in [7, 11) is 0. The van der Waals surface area contributed by atoms with Gasteiger partial charge in [0.1, 0.15) is 24.2 Å². The second kappa shape index (κ2) is 21.3. The minimum absolute atomic E-state index is 0.0837. The number of rotatable bonds is 9. The van der Waals surface area contributed by atoms with E-state index in [1.54, 1.807) is 47.8 Å². The lowest BCUT2D eigenvalue weighted by Crippen LogP contribution is -2.60. The topological polar surface area (TPSA) is 235 Å². The number of ether oxygens (including phenoxy) is 2. The predicted molar refractivity (Wildman–Crippen MR) is 224 cm³/mol.